The van der Waals surface area contributed by atoms with Crippen molar-refractivity contribution in [2.24, 2.45) is 22.2 Å². The molecule has 1 heterocycles. The van der Waals surface area contributed by atoms with E-state index in [9.17, 15) is 43.8 Å². The number of nitrogens with one attached hydrogen (secondary N) is 4. The van der Waals surface area contributed by atoms with E-state index in [1.165, 1.54) is 6.92 Å². The van der Waals surface area contributed by atoms with Gasteiger partial charge in [0.2, 0.25) is 29.5 Å². The number of guanidine groups is 1. The van der Waals surface area contributed by atoms with E-state index in [2.05, 4.69) is 26.3 Å². The van der Waals surface area contributed by atoms with Crippen molar-refractivity contribution < 1.29 is 48.9 Å². The van der Waals surface area contributed by atoms with E-state index >= 15 is 0 Å². The fourth-order valence-corrected chi connectivity index (χ4v) is 3.91. The van der Waals surface area contributed by atoms with Gasteiger partial charge in [0.05, 0.1) is 25.6 Å². The molecule has 0 aromatic heterocycles. The summed E-state index contributed by atoms with van der Waals surface area (Å²) in [7, 11) is 0. The lowest BCUT2D eigenvalue weighted by atomic mass is 10.1. The van der Waals surface area contributed by atoms with Gasteiger partial charge in [0.25, 0.3) is 0 Å². The molecule has 0 radical (unpaired) electrons. The number of carboxylic acid groups (broad SMARTS) is 2. The summed E-state index contributed by atoms with van der Waals surface area (Å²) in [5.41, 5.74) is 16.2. The van der Waals surface area contributed by atoms with Crippen LogP contribution in [0.25, 0.3) is 0 Å². The fraction of sp³-hybridized carbons (Fsp3) is 0.652. The quantitative estimate of drug-likeness (QED) is 0.0423. The molecular weight excluding hydrogens is 562 g/mol. The molecule has 0 spiro atoms. The third-order valence-corrected chi connectivity index (χ3v) is 6.12. The molecule has 0 unspecified atom stereocenters. The van der Waals surface area contributed by atoms with Crippen molar-refractivity contribution in [1.29, 1.82) is 0 Å². The second kappa shape index (κ2) is 17.3. The zero-order chi connectivity index (χ0) is 32.0. The number of aliphatic carboxylic acids is 2. The van der Waals surface area contributed by atoms with Crippen LogP contribution in [-0.4, -0.2) is 124 Å². The number of hydrogen-bond donors (Lipinski definition) is 10. The Morgan fingerprint density at radius 2 is 1.67 bits per heavy atom. The fourth-order valence-electron chi connectivity index (χ4n) is 3.91. The zero-order valence-corrected chi connectivity index (χ0v) is 23.1. The van der Waals surface area contributed by atoms with Crippen molar-refractivity contribution in [1.82, 2.24) is 26.2 Å². The second-order valence-corrected chi connectivity index (χ2v) is 9.49. The normalized spacial score (nSPS) is 17.1. The third kappa shape index (κ3) is 11.9. The second-order valence-electron chi connectivity index (χ2n) is 9.49. The number of nitrogens with zero attached hydrogens (tertiary/aromatic N) is 2. The molecule has 0 aliphatic carbocycles. The van der Waals surface area contributed by atoms with Crippen LogP contribution in [0.5, 0.6) is 0 Å². The maximum Gasteiger partial charge on any atom is 0.325 e. The molecule has 1 rings (SSSR count). The summed E-state index contributed by atoms with van der Waals surface area (Å²) >= 11 is 0. The van der Waals surface area contributed by atoms with Gasteiger partial charge in [-0.05, 0) is 32.6 Å². The van der Waals surface area contributed by atoms with Crippen molar-refractivity contribution in [2.75, 3.05) is 26.2 Å². The molecular formula is C23H39N9O10. The van der Waals surface area contributed by atoms with Crippen LogP contribution in [0, 0.1) is 0 Å². The highest BCUT2D eigenvalue weighted by Gasteiger charge is 2.39. The van der Waals surface area contributed by atoms with Gasteiger partial charge in [0, 0.05) is 13.1 Å². The average molecular weight is 602 g/mol. The number of hydrogen-bond acceptors (Lipinski definition) is 10. The van der Waals surface area contributed by atoms with Gasteiger partial charge < -0.3 is 58.7 Å². The zero-order valence-electron chi connectivity index (χ0n) is 23.1. The highest BCUT2D eigenvalue weighted by molar-refractivity contribution is 5.97. The Balaban J connectivity index is 2.78. The number of aliphatic hydroxyl groups excluding tert-OH is 1. The number of carbonyl (C=O) groups is 7. The minimum absolute atomic E-state index is 0.0795. The molecule has 13 N–H and O–H groups in total. The van der Waals surface area contributed by atoms with E-state index in [4.69, 9.17) is 22.3 Å². The summed E-state index contributed by atoms with van der Waals surface area (Å²) < 4.78 is 0. The number of aliphatic imine (C=N–C) groups is 1. The molecule has 1 saturated heterocycles. The molecule has 19 heteroatoms. The van der Waals surface area contributed by atoms with Crippen LogP contribution in [0.1, 0.15) is 39.0 Å². The number of amides is 5. The first-order chi connectivity index (χ1) is 19.7. The van der Waals surface area contributed by atoms with Gasteiger partial charge in [-0.15, -0.1) is 0 Å². The van der Waals surface area contributed by atoms with Crippen molar-refractivity contribution in [3.8, 4) is 0 Å². The third-order valence-electron chi connectivity index (χ3n) is 6.12. The molecule has 5 amide bonds. The van der Waals surface area contributed by atoms with Crippen LogP contribution in [0.15, 0.2) is 4.99 Å². The highest BCUT2D eigenvalue weighted by atomic mass is 16.4. The Morgan fingerprint density at radius 1 is 1.00 bits per heavy atom. The van der Waals surface area contributed by atoms with E-state index in [0.29, 0.717) is 12.8 Å². The van der Waals surface area contributed by atoms with E-state index in [-0.39, 0.29) is 31.9 Å². The van der Waals surface area contributed by atoms with E-state index < -0.39 is 91.3 Å². The number of aliphatic hydroxyl groups is 1. The van der Waals surface area contributed by atoms with Crippen LogP contribution in [0.3, 0.4) is 0 Å². The van der Waals surface area contributed by atoms with Crippen LogP contribution in [0.2, 0.25) is 0 Å². The monoisotopic (exact) mass is 601 g/mol. The largest absolute Gasteiger partial charge is 0.481 e. The lowest BCUT2D eigenvalue weighted by Crippen LogP contribution is -2.59. The Labute approximate surface area is 240 Å². The molecule has 42 heavy (non-hydrogen) atoms. The predicted octanol–water partition coefficient (Wildman–Crippen LogP) is -5.50. The predicted molar refractivity (Wildman–Crippen MR) is 144 cm³/mol. The van der Waals surface area contributed by atoms with E-state index in [1.54, 1.807) is 0 Å². The first-order valence-electron chi connectivity index (χ1n) is 13.0. The molecule has 19 nitrogen and oxygen atoms in total. The summed E-state index contributed by atoms with van der Waals surface area (Å²) in [6, 6.07) is -6.57. The standard InChI is InChI=1S/C23H39N9O10/c1-11(22(41)42)29-20(39)15-5-3-7-32(15)21(40)14(10-33)31-19(38)13(8-17(35)36)30-16(34)9-28-18(37)12(24)4-2-6-27-23(25)26/h11-15,33H,2-10,24H2,1H3,(H,28,37)(H,29,39)(H,30,34)(H,31,38)(H,35,36)(H,41,42)(H4,25,26,27)/t11-,12-,13-,14-,15-/m0/s1. The highest BCUT2D eigenvalue weighted by Crippen LogP contribution is 2.19. The lowest BCUT2D eigenvalue weighted by Gasteiger charge is -2.29. The number of nitrogens with two attached hydrogens (primary N) is 3. The smallest absolute Gasteiger partial charge is 0.325 e. The summed E-state index contributed by atoms with van der Waals surface area (Å²) in [5.74, 6) is -7.23. The van der Waals surface area contributed by atoms with Gasteiger partial charge >= 0.3 is 11.9 Å². The molecule has 1 fully saturated rings. The molecule has 1 aliphatic rings. The van der Waals surface area contributed by atoms with Gasteiger partial charge in [-0.25, -0.2) is 0 Å². The molecule has 5 atom stereocenters. The van der Waals surface area contributed by atoms with Crippen molar-refractivity contribution in [3.05, 3.63) is 0 Å². The van der Waals surface area contributed by atoms with Crippen molar-refractivity contribution >= 4 is 47.4 Å². The minimum Gasteiger partial charge on any atom is -0.481 e. The Bertz CT molecular complexity index is 1050. The summed E-state index contributed by atoms with van der Waals surface area (Å²) in [6.45, 7) is -0.0117. The Hall–Kier alpha value is -4.52. The first-order valence-corrected chi connectivity index (χ1v) is 13.0. The van der Waals surface area contributed by atoms with E-state index in [1.807, 2.05) is 0 Å². The molecule has 0 bridgehead atoms. The summed E-state index contributed by atoms with van der Waals surface area (Å²) in [5, 5.41) is 36.8. The summed E-state index contributed by atoms with van der Waals surface area (Å²) in [6.07, 6.45) is 0.279. The number of rotatable bonds is 17. The van der Waals surface area contributed by atoms with Crippen LogP contribution >= 0.6 is 0 Å². The maximum atomic E-state index is 13.1. The van der Waals surface area contributed by atoms with Crippen LogP contribution in [0.4, 0.5) is 0 Å². The van der Waals surface area contributed by atoms with Gasteiger partial charge in [0.15, 0.2) is 5.96 Å². The van der Waals surface area contributed by atoms with Gasteiger partial charge in [-0.1, -0.05) is 0 Å². The average Bonchev–Trinajstić information content (AvgIpc) is 3.41. The van der Waals surface area contributed by atoms with Gasteiger partial charge in [-0.2, -0.15) is 0 Å². The SMILES string of the molecule is C[C@H](NC(=O)[C@@H]1CCCN1C(=O)[C@H](CO)NC(=O)[C@H](CC(=O)O)NC(=O)CNC(=O)[C@@H](N)CCCN=C(N)N)C(=O)O. The topological polar surface area (TPSA) is 322 Å². The van der Waals surface area contributed by atoms with Gasteiger partial charge in [0.1, 0.15) is 24.2 Å². The first kappa shape index (κ1) is 35.5. The molecule has 0 saturated carbocycles. The van der Waals surface area contributed by atoms with Crippen LogP contribution < -0.4 is 38.5 Å². The number of likely N-dealkylation sites (tertiary alicyclic amines) is 1. The van der Waals surface area contributed by atoms with Crippen molar-refractivity contribution in [3.63, 3.8) is 0 Å². The van der Waals surface area contributed by atoms with E-state index in [0.717, 1.165) is 4.90 Å². The lowest BCUT2D eigenvalue weighted by molar-refractivity contribution is -0.145. The van der Waals surface area contributed by atoms with Gasteiger partial charge in [-0.3, -0.25) is 38.6 Å². The number of carboxylic acids is 2. The molecule has 0 aromatic rings. The minimum atomic E-state index is -1.70. The molecule has 236 valence electrons. The van der Waals surface area contributed by atoms with Crippen LogP contribution in [-0.2, 0) is 33.6 Å². The molecule has 1 aliphatic heterocycles. The van der Waals surface area contributed by atoms with Crippen molar-refractivity contribution in [2.45, 2.75) is 69.2 Å². The molecule has 0 aromatic carbocycles. The summed E-state index contributed by atoms with van der Waals surface area (Å²) in [4.78, 5) is 90.1. The number of carbonyl (C=O) groups excluding carboxylic acids is 5. The Kier molecular flexibility index (Phi) is 14.6. The Morgan fingerprint density at radius 3 is 2.24 bits per heavy atom. The maximum absolute atomic E-state index is 13.1.